The quantitative estimate of drug-likeness (QED) is 0.221. The number of nitro groups is 2. The summed E-state index contributed by atoms with van der Waals surface area (Å²) in [5, 5.41) is 30.4. The Balaban J connectivity index is 3.34. The lowest BCUT2D eigenvalue weighted by Gasteiger charge is -2.21. The van der Waals surface area contributed by atoms with Crippen LogP contribution in [0.1, 0.15) is 0 Å². The maximum Gasteiger partial charge on any atom is 0.340 e. The van der Waals surface area contributed by atoms with Crippen LogP contribution >= 0.6 is 7.60 Å². The van der Waals surface area contributed by atoms with Crippen molar-refractivity contribution >= 4 is 35.0 Å². The van der Waals surface area contributed by atoms with Crippen LogP contribution in [0.4, 0.5) is 11.4 Å². The van der Waals surface area contributed by atoms with Gasteiger partial charge in [-0.1, -0.05) is 0 Å². The maximum absolute atomic E-state index is 12.2. The molecule has 15 nitrogen and oxygen atoms in total. The van der Waals surface area contributed by atoms with E-state index in [1.165, 1.54) is 4.83 Å². The van der Waals surface area contributed by atoms with E-state index in [-0.39, 0.29) is 5.01 Å². The Morgan fingerprint density at radius 2 is 1.81 bits per heavy atom. The van der Waals surface area contributed by atoms with Crippen LogP contribution in [0.15, 0.2) is 23.1 Å². The third-order valence-corrected chi connectivity index (χ3v) is 4.70. The lowest BCUT2D eigenvalue weighted by atomic mass is 10.3. The van der Waals surface area contributed by atoms with Gasteiger partial charge in [-0.05, 0) is 6.07 Å². The van der Waals surface area contributed by atoms with Gasteiger partial charge in [-0.15, -0.1) is 4.83 Å². The lowest BCUT2D eigenvalue weighted by Crippen LogP contribution is -2.45. The molecule has 0 heterocycles. The first kappa shape index (κ1) is 21.6. The highest BCUT2D eigenvalue weighted by atomic mass is 32.2. The molecule has 0 fully saturated rings. The number of non-ortho nitro benzene ring substituents is 1. The van der Waals surface area contributed by atoms with Crippen LogP contribution in [0.3, 0.4) is 0 Å². The Bertz CT molecular complexity index is 895. The minimum Gasteiger partial charge on any atom is -0.480 e. The van der Waals surface area contributed by atoms with Gasteiger partial charge in [0, 0.05) is 6.07 Å². The van der Waals surface area contributed by atoms with E-state index < -0.39 is 62.5 Å². The topological polar surface area (TPSA) is 231 Å². The zero-order valence-corrected chi connectivity index (χ0v) is 14.2. The van der Waals surface area contributed by atoms with E-state index >= 15 is 0 Å². The number of rotatable bonds is 9. The molecular weight excluding hydrogens is 403 g/mol. The molecule has 144 valence electrons. The molecule has 26 heavy (non-hydrogen) atoms. The molecule has 17 heteroatoms. The number of aliphatic carboxylic acids is 1. The fourth-order valence-electron chi connectivity index (χ4n) is 1.71. The summed E-state index contributed by atoms with van der Waals surface area (Å²) in [6.07, 6.45) is -1.33. The molecule has 0 amide bonds. The Hall–Kier alpha value is -2.49. The second kappa shape index (κ2) is 7.81. The zero-order valence-electron chi connectivity index (χ0n) is 12.5. The molecule has 0 atom stereocenters. The van der Waals surface area contributed by atoms with Gasteiger partial charge in [0.25, 0.3) is 21.4 Å². The van der Waals surface area contributed by atoms with Crippen LogP contribution in [-0.2, 0) is 19.4 Å². The highest BCUT2D eigenvalue weighted by Gasteiger charge is 2.32. The Morgan fingerprint density at radius 3 is 2.23 bits per heavy atom. The van der Waals surface area contributed by atoms with E-state index in [9.17, 15) is 38.0 Å². The third kappa shape index (κ3) is 6.10. The summed E-state index contributed by atoms with van der Waals surface area (Å²) < 4.78 is 35.5. The smallest absolute Gasteiger partial charge is 0.340 e. The van der Waals surface area contributed by atoms with Crippen molar-refractivity contribution in [3.63, 3.8) is 0 Å². The van der Waals surface area contributed by atoms with Crippen LogP contribution < -0.4 is 4.83 Å². The van der Waals surface area contributed by atoms with Gasteiger partial charge in [-0.2, -0.15) is 0 Å². The highest BCUT2D eigenvalue weighted by Crippen LogP contribution is 2.35. The van der Waals surface area contributed by atoms with Gasteiger partial charge in [0.1, 0.15) is 12.8 Å². The summed E-state index contributed by atoms with van der Waals surface area (Å²) in [6.45, 7) is -1.18. The number of benzene rings is 1. The van der Waals surface area contributed by atoms with Crippen molar-refractivity contribution in [1.29, 1.82) is 0 Å². The lowest BCUT2D eigenvalue weighted by molar-refractivity contribution is -0.396. The van der Waals surface area contributed by atoms with E-state index in [1.807, 2.05) is 0 Å². The summed E-state index contributed by atoms with van der Waals surface area (Å²) in [6, 6.07) is 1.57. The standard InChI is InChI=1S/C9H11N4O11PS/c14-9(15)4-11(5-25(20,21)22)10-26(23,24)8-2-1-6(12(16)17)3-7(8)13(18)19/h1-3,10H,4-5H2,(H,14,15)(H2,20,21,22). The number of carboxylic acids is 1. The molecule has 0 aromatic heterocycles. The fourth-order valence-corrected chi connectivity index (χ4v) is 3.64. The van der Waals surface area contributed by atoms with Crippen LogP contribution in [0, 0.1) is 20.2 Å². The van der Waals surface area contributed by atoms with Crippen molar-refractivity contribution in [1.82, 2.24) is 9.84 Å². The van der Waals surface area contributed by atoms with Crippen molar-refractivity contribution in [3.05, 3.63) is 38.4 Å². The second-order valence-corrected chi connectivity index (χ2v) is 7.90. The minimum absolute atomic E-state index is 0.129. The van der Waals surface area contributed by atoms with E-state index in [2.05, 4.69) is 0 Å². The summed E-state index contributed by atoms with van der Waals surface area (Å²) in [5.74, 6) is -1.65. The number of carboxylic acid groups (broad SMARTS) is 1. The Labute approximate surface area is 144 Å². The third-order valence-electron chi connectivity index (χ3n) is 2.57. The van der Waals surface area contributed by atoms with Gasteiger partial charge in [-0.25, -0.2) is 13.4 Å². The Morgan fingerprint density at radius 1 is 1.23 bits per heavy atom. The van der Waals surface area contributed by atoms with E-state index in [0.717, 1.165) is 0 Å². The average Bonchev–Trinajstić information content (AvgIpc) is 2.43. The largest absolute Gasteiger partial charge is 0.480 e. The summed E-state index contributed by atoms with van der Waals surface area (Å²) in [7, 11) is -9.79. The number of sulfonamides is 1. The number of carbonyl (C=O) groups is 1. The van der Waals surface area contributed by atoms with Gasteiger partial charge < -0.3 is 14.9 Å². The van der Waals surface area contributed by atoms with E-state index in [0.29, 0.717) is 18.2 Å². The Kier molecular flexibility index (Phi) is 6.48. The van der Waals surface area contributed by atoms with Crippen LogP contribution in [0.2, 0.25) is 0 Å². The normalized spacial score (nSPS) is 12.1. The predicted octanol–water partition coefficient (Wildman–Crippen LogP) is -0.782. The van der Waals surface area contributed by atoms with Crippen molar-refractivity contribution in [2.24, 2.45) is 0 Å². The molecule has 1 aromatic rings. The molecule has 1 aromatic carbocycles. The van der Waals surface area contributed by atoms with Crippen LogP contribution in [0.25, 0.3) is 0 Å². The van der Waals surface area contributed by atoms with E-state index in [1.54, 1.807) is 0 Å². The van der Waals surface area contributed by atoms with Gasteiger partial charge in [-0.3, -0.25) is 29.6 Å². The van der Waals surface area contributed by atoms with Crippen molar-refractivity contribution in [2.45, 2.75) is 4.90 Å². The molecule has 0 aliphatic heterocycles. The van der Waals surface area contributed by atoms with Gasteiger partial charge in [0.05, 0.1) is 15.9 Å². The van der Waals surface area contributed by atoms with Crippen molar-refractivity contribution in [3.8, 4) is 0 Å². The predicted molar refractivity (Wildman–Crippen MR) is 81.3 cm³/mol. The molecule has 0 aliphatic carbocycles. The molecule has 4 N–H and O–H groups in total. The molecule has 0 bridgehead atoms. The average molecular weight is 414 g/mol. The summed E-state index contributed by atoms with van der Waals surface area (Å²) in [4.78, 5) is 48.3. The van der Waals surface area contributed by atoms with Crippen molar-refractivity contribution in [2.75, 3.05) is 12.8 Å². The van der Waals surface area contributed by atoms with E-state index in [4.69, 9.17) is 14.9 Å². The molecular formula is C9H11N4O11PS. The molecule has 1 rings (SSSR count). The summed E-state index contributed by atoms with van der Waals surface area (Å²) >= 11 is 0. The summed E-state index contributed by atoms with van der Waals surface area (Å²) in [5.41, 5.74) is -1.95. The minimum atomic E-state index is -4.90. The number of nitro benzene ring substituents is 2. The van der Waals surface area contributed by atoms with Crippen LogP contribution in [0.5, 0.6) is 0 Å². The number of hydrogen-bond acceptors (Lipinski definition) is 9. The monoisotopic (exact) mass is 414 g/mol. The molecule has 0 saturated carbocycles. The number of nitrogens with zero attached hydrogens (tertiary/aromatic N) is 3. The first-order chi connectivity index (χ1) is 11.7. The highest BCUT2D eigenvalue weighted by molar-refractivity contribution is 7.89. The fraction of sp³-hybridized carbons (Fsp3) is 0.222. The maximum atomic E-state index is 12.2. The number of hydrogen-bond donors (Lipinski definition) is 4. The molecule has 0 radical (unpaired) electrons. The second-order valence-electron chi connectivity index (χ2n) is 4.66. The number of hydrazine groups is 1. The van der Waals surface area contributed by atoms with Crippen molar-refractivity contribution < 1.29 is 42.5 Å². The van der Waals surface area contributed by atoms with Gasteiger partial charge in [0.15, 0.2) is 4.90 Å². The van der Waals surface area contributed by atoms with Gasteiger partial charge >= 0.3 is 13.6 Å². The van der Waals surface area contributed by atoms with Gasteiger partial charge in [0.2, 0.25) is 0 Å². The molecule has 0 unspecified atom stereocenters. The first-order valence-electron chi connectivity index (χ1n) is 6.19. The zero-order chi connectivity index (χ0) is 20.3. The number of nitrogens with one attached hydrogen (secondary N) is 1. The van der Waals surface area contributed by atoms with Crippen LogP contribution in [-0.4, -0.2) is 57.0 Å². The SMILES string of the molecule is O=C(O)CN(CP(=O)(O)O)NS(=O)(=O)c1ccc([N+](=O)[O-])cc1[N+](=O)[O-]. The molecule has 0 aliphatic rings. The first-order valence-corrected chi connectivity index (χ1v) is 9.47. The molecule has 0 saturated heterocycles. The molecule has 0 spiro atoms.